The van der Waals surface area contributed by atoms with Gasteiger partial charge in [0.25, 0.3) is 0 Å². The van der Waals surface area contributed by atoms with Gasteiger partial charge in [-0.25, -0.2) is 0 Å². The fourth-order valence-corrected chi connectivity index (χ4v) is 5.57. The van der Waals surface area contributed by atoms with Crippen LogP contribution in [-0.4, -0.2) is 68.6 Å². The van der Waals surface area contributed by atoms with E-state index in [0.29, 0.717) is 25.1 Å². The summed E-state index contributed by atoms with van der Waals surface area (Å²) in [5, 5.41) is 3.50. The van der Waals surface area contributed by atoms with Gasteiger partial charge in [-0.15, -0.1) is 0 Å². The summed E-state index contributed by atoms with van der Waals surface area (Å²) in [6, 6.07) is 14.8. The number of amides is 1. The highest BCUT2D eigenvalue weighted by molar-refractivity contribution is 5.95. The highest BCUT2D eigenvalue weighted by Gasteiger charge is 2.30. The molecule has 2 aromatic rings. The second kappa shape index (κ2) is 16.6. The minimum absolute atomic E-state index is 0.0357. The van der Waals surface area contributed by atoms with E-state index in [1.54, 1.807) is 7.11 Å². The lowest BCUT2D eigenvalue weighted by Gasteiger charge is -2.33. The summed E-state index contributed by atoms with van der Waals surface area (Å²) in [7, 11) is 1.70. The van der Waals surface area contributed by atoms with E-state index in [4.69, 9.17) is 9.47 Å². The Morgan fingerprint density at radius 1 is 1.15 bits per heavy atom. The summed E-state index contributed by atoms with van der Waals surface area (Å²) < 4.78 is 10.9. The lowest BCUT2D eigenvalue weighted by molar-refractivity contribution is -0.123. The highest BCUT2D eigenvalue weighted by Crippen LogP contribution is 2.31. The number of hydrogen-bond donors (Lipinski definition) is 1. The normalized spacial score (nSPS) is 21.1. The minimum atomic E-state index is 0.0357. The first kappa shape index (κ1) is 32.8. The molecule has 226 valence electrons. The molecule has 0 bridgehead atoms. The lowest BCUT2D eigenvalue weighted by atomic mass is 9.86. The van der Waals surface area contributed by atoms with Crippen molar-refractivity contribution >= 4 is 17.9 Å². The van der Waals surface area contributed by atoms with Gasteiger partial charge in [-0.05, 0) is 101 Å². The maximum Gasteiger partial charge on any atom is 0.230 e. The molecular formula is C34H51N3O4. The first-order valence-corrected chi connectivity index (χ1v) is 15.3. The number of nitrogens with zero attached hydrogens (tertiary/aromatic N) is 2. The van der Waals surface area contributed by atoms with Crippen molar-refractivity contribution in [2.75, 3.05) is 38.2 Å². The number of aryl methyl sites for hydroxylation is 1. The standard InChI is InChI=1S/C30H41N3O3.C4H10O/c1-4-33(27-11-8-26(22(2)18-27)21-32-16-15-31-23(3)20-32)30(35)25-9-12-28(13-10-25)36-29-7-5-6-24(19-29)14-17-34;1-4(2)5-3/h5-8,11,17-19,23,25,28,31H,4,9-10,12-16,20-21H2,1-3H3;4H,1-3H3. The van der Waals surface area contributed by atoms with Gasteiger partial charge in [0.2, 0.25) is 5.91 Å². The van der Waals surface area contributed by atoms with Crippen LogP contribution in [0.1, 0.15) is 70.1 Å². The number of hydrogen-bond acceptors (Lipinski definition) is 6. The molecule has 41 heavy (non-hydrogen) atoms. The summed E-state index contributed by atoms with van der Waals surface area (Å²) in [4.78, 5) is 28.8. The average Bonchev–Trinajstić information content (AvgIpc) is 2.96. The molecule has 1 aliphatic heterocycles. The fraction of sp³-hybridized carbons (Fsp3) is 0.588. The van der Waals surface area contributed by atoms with Gasteiger partial charge in [-0.3, -0.25) is 9.69 Å². The van der Waals surface area contributed by atoms with Crippen LogP contribution in [0.2, 0.25) is 0 Å². The summed E-state index contributed by atoms with van der Waals surface area (Å²) >= 11 is 0. The molecule has 1 saturated carbocycles. The number of aldehydes is 1. The highest BCUT2D eigenvalue weighted by atomic mass is 16.5. The second-order valence-electron chi connectivity index (χ2n) is 11.7. The van der Waals surface area contributed by atoms with Gasteiger partial charge in [0, 0.05) is 63.9 Å². The van der Waals surface area contributed by atoms with Crippen LogP contribution in [-0.2, 0) is 27.3 Å². The summed E-state index contributed by atoms with van der Waals surface area (Å²) in [6.07, 6.45) is 5.23. The van der Waals surface area contributed by atoms with E-state index in [2.05, 4.69) is 49.2 Å². The van der Waals surface area contributed by atoms with Crippen LogP contribution in [0, 0.1) is 12.8 Å². The van der Waals surface area contributed by atoms with E-state index < -0.39 is 0 Å². The zero-order chi connectivity index (χ0) is 29.8. The number of benzene rings is 2. The molecule has 0 aromatic heterocycles. The molecule has 2 fully saturated rings. The minimum Gasteiger partial charge on any atom is -0.490 e. The predicted octanol–water partition coefficient (Wildman–Crippen LogP) is 5.56. The van der Waals surface area contributed by atoms with Crippen molar-refractivity contribution in [3.8, 4) is 5.75 Å². The first-order chi connectivity index (χ1) is 19.7. The molecular weight excluding hydrogens is 514 g/mol. The molecule has 7 nitrogen and oxygen atoms in total. The third kappa shape index (κ3) is 10.2. The topological polar surface area (TPSA) is 71.1 Å². The molecule has 2 aromatic carbocycles. The van der Waals surface area contributed by atoms with Gasteiger partial charge in [-0.1, -0.05) is 18.2 Å². The molecule has 0 radical (unpaired) electrons. The largest absolute Gasteiger partial charge is 0.490 e. The number of anilines is 1. The van der Waals surface area contributed by atoms with Gasteiger partial charge >= 0.3 is 0 Å². The SMILES string of the molecule is CCN(C(=O)C1CCC(Oc2cccc(CC=O)c2)CC1)c1ccc(CN2CCNC(C)C2)c(C)c1.COC(C)C. The molecule has 1 saturated heterocycles. The number of piperazine rings is 1. The zero-order valence-electron chi connectivity index (χ0n) is 26.0. The van der Waals surface area contributed by atoms with Crippen molar-refractivity contribution in [1.29, 1.82) is 0 Å². The number of ether oxygens (including phenoxy) is 2. The van der Waals surface area contributed by atoms with E-state index in [0.717, 1.165) is 75.1 Å². The lowest BCUT2D eigenvalue weighted by Crippen LogP contribution is -2.48. The van der Waals surface area contributed by atoms with E-state index in [-0.39, 0.29) is 17.9 Å². The van der Waals surface area contributed by atoms with Crippen LogP contribution in [0.4, 0.5) is 5.69 Å². The van der Waals surface area contributed by atoms with Crippen molar-refractivity contribution in [3.05, 3.63) is 59.2 Å². The maximum absolute atomic E-state index is 13.5. The molecule has 1 atom stereocenters. The predicted molar refractivity (Wildman–Crippen MR) is 167 cm³/mol. The van der Waals surface area contributed by atoms with E-state index in [9.17, 15) is 9.59 Å². The van der Waals surface area contributed by atoms with Crippen LogP contribution in [0.15, 0.2) is 42.5 Å². The molecule has 1 unspecified atom stereocenters. The Morgan fingerprint density at radius 3 is 2.49 bits per heavy atom. The number of methoxy groups -OCH3 is 1. The Bertz CT molecular complexity index is 1100. The molecule has 1 aliphatic carbocycles. The number of carbonyl (C=O) groups is 2. The van der Waals surface area contributed by atoms with E-state index in [1.165, 1.54) is 11.1 Å². The van der Waals surface area contributed by atoms with Crippen LogP contribution >= 0.6 is 0 Å². The van der Waals surface area contributed by atoms with Crippen LogP contribution < -0.4 is 15.0 Å². The molecule has 0 spiro atoms. The Morgan fingerprint density at radius 2 is 1.88 bits per heavy atom. The molecule has 1 N–H and O–H groups in total. The number of nitrogens with one attached hydrogen (secondary N) is 1. The Kier molecular flexibility index (Phi) is 13.3. The molecule has 7 heteroatoms. The summed E-state index contributed by atoms with van der Waals surface area (Å²) in [5.41, 5.74) is 4.56. The summed E-state index contributed by atoms with van der Waals surface area (Å²) in [6.45, 7) is 15.3. The van der Waals surface area contributed by atoms with Gasteiger partial charge < -0.3 is 24.5 Å². The van der Waals surface area contributed by atoms with E-state index in [1.807, 2.05) is 43.0 Å². The third-order valence-corrected chi connectivity index (χ3v) is 8.08. The van der Waals surface area contributed by atoms with Gasteiger partial charge in [-0.2, -0.15) is 0 Å². The Labute approximate surface area is 247 Å². The average molecular weight is 566 g/mol. The van der Waals surface area contributed by atoms with Crippen molar-refractivity contribution in [2.45, 2.75) is 91.5 Å². The molecule has 1 heterocycles. The third-order valence-electron chi connectivity index (χ3n) is 8.08. The Balaban J connectivity index is 0.000000850. The molecule has 2 aliphatic rings. The van der Waals surface area contributed by atoms with E-state index >= 15 is 0 Å². The van der Waals surface area contributed by atoms with Gasteiger partial charge in [0.1, 0.15) is 12.0 Å². The fourth-order valence-electron chi connectivity index (χ4n) is 5.57. The molecule has 1 amide bonds. The maximum atomic E-state index is 13.5. The van der Waals surface area contributed by atoms with Crippen molar-refractivity contribution in [1.82, 2.24) is 10.2 Å². The monoisotopic (exact) mass is 565 g/mol. The van der Waals surface area contributed by atoms with Crippen LogP contribution in [0.5, 0.6) is 5.75 Å². The van der Waals surface area contributed by atoms with Crippen LogP contribution in [0.3, 0.4) is 0 Å². The first-order valence-electron chi connectivity index (χ1n) is 15.3. The van der Waals surface area contributed by atoms with Crippen molar-refractivity contribution in [3.63, 3.8) is 0 Å². The number of rotatable bonds is 10. The van der Waals surface area contributed by atoms with Crippen molar-refractivity contribution in [2.24, 2.45) is 5.92 Å². The molecule has 4 rings (SSSR count). The van der Waals surface area contributed by atoms with Gasteiger partial charge in [0.15, 0.2) is 0 Å². The summed E-state index contributed by atoms with van der Waals surface area (Å²) in [5.74, 6) is 1.07. The second-order valence-corrected chi connectivity index (χ2v) is 11.7. The smallest absolute Gasteiger partial charge is 0.230 e. The van der Waals surface area contributed by atoms with Gasteiger partial charge in [0.05, 0.1) is 12.2 Å². The van der Waals surface area contributed by atoms with Crippen LogP contribution in [0.25, 0.3) is 0 Å². The number of carbonyl (C=O) groups excluding carboxylic acids is 2. The van der Waals surface area contributed by atoms with Crippen molar-refractivity contribution < 1.29 is 19.1 Å². The zero-order valence-corrected chi connectivity index (χ0v) is 26.0. The Hall–Kier alpha value is -2.74. The quantitative estimate of drug-likeness (QED) is 0.380.